The molecule has 0 unspecified atom stereocenters. The Morgan fingerprint density at radius 1 is 0.853 bits per heavy atom. The number of benzene rings is 3. The van der Waals surface area contributed by atoms with Crippen LogP contribution in [0.3, 0.4) is 0 Å². The van der Waals surface area contributed by atoms with Crippen molar-refractivity contribution in [2.24, 2.45) is 0 Å². The number of carboxylic acid groups (broad SMARTS) is 1. The van der Waals surface area contributed by atoms with Crippen LogP contribution in [0, 0.1) is 18.6 Å². The van der Waals surface area contributed by atoms with Crippen LogP contribution in [0.5, 0.6) is 0 Å². The molecule has 0 aliphatic heterocycles. The Morgan fingerprint density at radius 2 is 1.44 bits per heavy atom. The number of carbonyl (C=O) groups excluding carboxylic acids is 2. The second-order valence-electron chi connectivity index (χ2n) is 8.42. The lowest BCUT2D eigenvalue weighted by molar-refractivity contribution is -0.147. The predicted molar refractivity (Wildman–Crippen MR) is 125 cm³/mol. The summed E-state index contributed by atoms with van der Waals surface area (Å²) in [6.07, 6.45) is 0. The number of rotatable bonds is 6. The Bertz CT molecular complexity index is 1270. The molecule has 2 N–H and O–H groups in total. The fourth-order valence-electron chi connectivity index (χ4n) is 3.12. The van der Waals surface area contributed by atoms with Gasteiger partial charge in [0.1, 0.15) is 17.2 Å². The van der Waals surface area contributed by atoms with E-state index in [4.69, 9.17) is 0 Å². The standard InChI is InChI=1S/C26H24F2N2O4/c1-15-5-6-19(14-20(15)27)23(31)29-22-12-11-18(13-21(22)28)16-7-9-17(10-8-16)24(32)30(4)26(2,3)25(33)34/h5-14H,1-4H3,(H,29,31)(H,33,34). The number of anilines is 1. The fraction of sp³-hybridized carbons (Fsp3) is 0.192. The molecule has 6 nitrogen and oxygen atoms in total. The van der Waals surface area contributed by atoms with Crippen molar-refractivity contribution in [3.63, 3.8) is 0 Å². The number of carboxylic acids is 1. The molecule has 0 fully saturated rings. The Labute approximate surface area is 195 Å². The fourth-order valence-corrected chi connectivity index (χ4v) is 3.12. The first kappa shape index (κ1) is 24.6. The summed E-state index contributed by atoms with van der Waals surface area (Å²) in [5, 5.41) is 11.8. The molecule has 0 aliphatic carbocycles. The highest BCUT2D eigenvalue weighted by Gasteiger charge is 2.35. The predicted octanol–water partition coefficient (Wildman–Crippen LogP) is 5.13. The van der Waals surface area contributed by atoms with E-state index in [1.807, 2.05) is 0 Å². The average molecular weight is 466 g/mol. The van der Waals surface area contributed by atoms with Crippen molar-refractivity contribution in [1.29, 1.82) is 0 Å². The van der Waals surface area contributed by atoms with E-state index in [-0.39, 0.29) is 16.8 Å². The molecule has 0 atom stereocenters. The van der Waals surface area contributed by atoms with E-state index in [0.29, 0.717) is 16.7 Å². The van der Waals surface area contributed by atoms with Crippen LogP contribution in [0.15, 0.2) is 60.7 Å². The number of nitrogens with zero attached hydrogens (tertiary/aromatic N) is 1. The second-order valence-corrected chi connectivity index (χ2v) is 8.42. The van der Waals surface area contributed by atoms with E-state index >= 15 is 0 Å². The van der Waals surface area contributed by atoms with Gasteiger partial charge in [0.15, 0.2) is 0 Å². The highest BCUT2D eigenvalue weighted by Crippen LogP contribution is 2.26. The maximum absolute atomic E-state index is 14.7. The average Bonchev–Trinajstić information content (AvgIpc) is 2.81. The van der Waals surface area contributed by atoms with Gasteiger partial charge in [0.2, 0.25) is 0 Å². The summed E-state index contributed by atoms with van der Waals surface area (Å²) >= 11 is 0. The molecule has 2 amide bonds. The van der Waals surface area contributed by atoms with Crippen LogP contribution < -0.4 is 5.32 Å². The van der Waals surface area contributed by atoms with Gasteiger partial charge in [-0.15, -0.1) is 0 Å². The molecule has 0 radical (unpaired) electrons. The van der Waals surface area contributed by atoms with Crippen molar-refractivity contribution in [2.75, 3.05) is 12.4 Å². The van der Waals surface area contributed by atoms with E-state index in [1.165, 1.54) is 57.3 Å². The third-order valence-corrected chi connectivity index (χ3v) is 5.78. The molecular weight excluding hydrogens is 442 g/mol. The van der Waals surface area contributed by atoms with Crippen molar-refractivity contribution in [3.05, 3.63) is 89.0 Å². The van der Waals surface area contributed by atoms with Crippen LogP contribution in [-0.4, -0.2) is 40.4 Å². The number of hydrogen-bond acceptors (Lipinski definition) is 3. The largest absolute Gasteiger partial charge is 0.480 e. The van der Waals surface area contributed by atoms with Gasteiger partial charge in [-0.05, 0) is 73.9 Å². The molecule has 8 heteroatoms. The van der Waals surface area contributed by atoms with Crippen LogP contribution in [-0.2, 0) is 4.79 Å². The number of halogens is 2. The maximum atomic E-state index is 14.7. The lowest BCUT2D eigenvalue weighted by Gasteiger charge is -2.31. The normalized spacial score (nSPS) is 11.1. The monoisotopic (exact) mass is 466 g/mol. The first-order chi connectivity index (χ1) is 15.9. The summed E-state index contributed by atoms with van der Waals surface area (Å²) in [7, 11) is 1.41. The van der Waals surface area contributed by atoms with E-state index < -0.39 is 35.0 Å². The Hall–Kier alpha value is -4.07. The number of hydrogen-bond donors (Lipinski definition) is 2. The van der Waals surface area contributed by atoms with Crippen molar-refractivity contribution in [3.8, 4) is 11.1 Å². The Balaban J connectivity index is 1.76. The first-order valence-electron chi connectivity index (χ1n) is 10.4. The van der Waals surface area contributed by atoms with Gasteiger partial charge in [-0.1, -0.05) is 24.3 Å². The van der Waals surface area contributed by atoms with Crippen molar-refractivity contribution < 1.29 is 28.3 Å². The van der Waals surface area contributed by atoms with Crippen LogP contribution in [0.1, 0.15) is 40.1 Å². The van der Waals surface area contributed by atoms with Gasteiger partial charge in [-0.2, -0.15) is 0 Å². The van der Waals surface area contributed by atoms with E-state index in [1.54, 1.807) is 25.1 Å². The number of amides is 2. The van der Waals surface area contributed by atoms with Crippen molar-refractivity contribution in [1.82, 2.24) is 4.90 Å². The molecule has 176 valence electrons. The molecule has 34 heavy (non-hydrogen) atoms. The SMILES string of the molecule is Cc1ccc(C(=O)Nc2ccc(-c3ccc(C(=O)N(C)C(C)(C)C(=O)O)cc3)cc2F)cc1F. The maximum Gasteiger partial charge on any atom is 0.329 e. The minimum atomic E-state index is -1.39. The summed E-state index contributed by atoms with van der Waals surface area (Å²) in [5.41, 5.74) is 0.446. The smallest absolute Gasteiger partial charge is 0.329 e. The highest BCUT2D eigenvalue weighted by molar-refractivity contribution is 6.04. The molecule has 3 rings (SSSR count). The van der Waals surface area contributed by atoms with Gasteiger partial charge in [0.05, 0.1) is 5.69 Å². The summed E-state index contributed by atoms with van der Waals surface area (Å²) < 4.78 is 28.4. The minimum Gasteiger partial charge on any atom is -0.480 e. The van der Waals surface area contributed by atoms with Crippen LogP contribution in [0.4, 0.5) is 14.5 Å². The zero-order valence-corrected chi connectivity index (χ0v) is 19.1. The zero-order valence-electron chi connectivity index (χ0n) is 19.1. The molecule has 0 spiro atoms. The topological polar surface area (TPSA) is 86.7 Å². The molecule has 0 bridgehead atoms. The summed E-state index contributed by atoms with van der Waals surface area (Å²) in [6, 6.07) is 14.6. The van der Waals surface area contributed by atoms with Gasteiger partial charge in [0.25, 0.3) is 11.8 Å². The molecule has 0 aromatic heterocycles. The molecule has 3 aromatic carbocycles. The Morgan fingerprint density at radius 3 is 2.00 bits per heavy atom. The van der Waals surface area contributed by atoms with E-state index in [0.717, 1.165) is 11.0 Å². The zero-order chi connectivity index (χ0) is 25.2. The first-order valence-corrected chi connectivity index (χ1v) is 10.4. The number of aryl methyl sites for hydroxylation is 1. The van der Waals surface area contributed by atoms with Crippen LogP contribution in [0.2, 0.25) is 0 Å². The minimum absolute atomic E-state index is 0.0564. The van der Waals surface area contributed by atoms with Crippen molar-refractivity contribution in [2.45, 2.75) is 26.3 Å². The number of likely N-dealkylation sites (N-methyl/N-ethyl adjacent to an activating group) is 1. The van der Waals surface area contributed by atoms with Gasteiger partial charge >= 0.3 is 5.97 Å². The molecule has 3 aromatic rings. The number of nitrogens with one attached hydrogen (secondary N) is 1. The summed E-state index contributed by atoms with van der Waals surface area (Å²) in [5.74, 6) is -3.43. The quantitative estimate of drug-likeness (QED) is 0.528. The lowest BCUT2D eigenvalue weighted by atomic mass is 10.0. The summed E-state index contributed by atoms with van der Waals surface area (Å²) in [4.78, 5) is 37.5. The second kappa shape index (κ2) is 9.43. The highest BCUT2D eigenvalue weighted by atomic mass is 19.1. The third-order valence-electron chi connectivity index (χ3n) is 5.78. The Kier molecular flexibility index (Phi) is 6.81. The van der Waals surface area contributed by atoms with Crippen molar-refractivity contribution >= 4 is 23.5 Å². The van der Waals surface area contributed by atoms with E-state index in [9.17, 15) is 28.3 Å². The van der Waals surface area contributed by atoms with Gasteiger partial charge in [0, 0.05) is 18.2 Å². The third kappa shape index (κ3) is 4.96. The van der Waals surface area contributed by atoms with Gasteiger partial charge in [-0.25, -0.2) is 13.6 Å². The van der Waals surface area contributed by atoms with Crippen LogP contribution >= 0.6 is 0 Å². The molecule has 0 aliphatic rings. The lowest BCUT2D eigenvalue weighted by Crippen LogP contribution is -2.50. The van der Waals surface area contributed by atoms with Gasteiger partial charge < -0.3 is 15.3 Å². The summed E-state index contributed by atoms with van der Waals surface area (Å²) in [6.45, 7) is 4.44. The van der Waals surface area contributed by atoms with Crippen LogP contribution in [0.25, 0.3) is 11.1 Å². The molecule has 0 heterocycles. The molecule has 0 saturated carbocycles. The van der Waals surface area contributed by atoms with Gasteiger partial charge in [-0.3, -0.25) is 9.59 Å². The number of carbonyl (C=O) groups is 3. The molecular formula is C26H24F2N2O4. The van der Waals surface area contributed by atoms with E-state index in [2.05, 4.69) is 5.32 Å². The number of aliphatic carboxylic acids is 1. The molecule has 0 saturated heterocycles.